The van der Waals surface area contributed by atoms with E-state index < -0.39 is 0 Å². The molecular formula is C13H12N4. The summed E-state index contributed by atoms with van der Waals surface area (Å²) >= 11 is 0. The van der Waals surface area contributed by atoms with E-state index in [9.17, 15) is 0 Å². The molecule has 0 aliphatic rings. The Morgan fingerprint density at radius 3 is 2.88 bits per heavy atom. The van der Waals surface area contributed by atoms with Gasteiger partial charge in [0, 0.05) is 12.7 Å². The summed E-state index contributed by atoms with van der Waals surface area (Å²) in [5.41, 5.74) is 8.93. The van der Waals surface area contributed by atoms with Gasteiger partial charge in [-0.1, -0.05) is 12.1 Å². The SMILES string of the molecule is Nc1cc(Cn2cnc3ccccc32)ccn1. The molecule has 17 heavy (non-hydrogen) atoms. The molecule has 0 saturated carbocycles. The zero-order valence-electron chi connectivity index (χ0n) is 9.24. The van der Waals surface area contributed by atoms with E-state index >= 15 is 0 Å². The quantitative estimate of drug-likeness (QED) is 0.724. The van der Waals surface area contributed by atoms with Crippen molar-refractivity contribution in [2.24, 2.45) is 0 Å². The standard InChI is InChI=1S/C13H12N4/c14-13-7-10(5-6-15-13)8-17-9-16-11-3-1-2-4-12(11)17/h1-7,9H,8H2,(H2,14,15). The summed E-state index contributed by atoms with van der Waals surface area (Å²) in [6, 6.07) is 11.9. The summed E-state index contributed by atoms with van der Waals surface area (Å²) in [4.78, 5) is 8.34. The monoisotopic (exact) mass is 224 g/mol. The minimum atomic E-state index is 0.548. The van der Waals surface area contributed by atoms with E-state index in [1.807, 2.05) is 36.7 Å². The van der Waals surface area contributed by atoms with Crippen LogP contribution in [0.4, 0.5) is 5.82 Å². The van der Waals surface area contributed by atoms with Crippen molar-refractivity contribution in [1.29, 1.82) is 0 Å². The Bertz CT molecular complexity index is 657. The van der Waals surface area contributed by atoms with E-state index in [1.54, 1.807) is 6.20 Å². The Balaban J connectivity index is 2.00. The summed E-state index contributed by atoms with van der Waals surface area (Å²) in [7, 11) is 0. The molecule has 84 valence electrons. The maximum atomic E-state index is 5.66. The molecule has 4 heteroatoms. The number of para-hydroxylation sites is 2. The van der Waals surface area contributed by atoms with Gasteiger partial charge in [-0.2, -0.15) is 0 Å². The van der Waals surface area contributed by atoms with Crippen molar-refractivity contribution in [2.75, 3.05) is 5.73 Å². The first-order chi connectivity index (χ1) is 8.33. The first-order valence-corrected chi connectivity index (χ1v) is 5.43. The number of nitrogens with two attached hydrogens (primary N) is 1. The molecule has 1 aromatic carbocycles. The molecule has 2 N–H and O–H groups in total. The Morgan fingerprint density at radius 1 is 1.12 bits per heavy atom. The average molecular weight is 224 g/mol. The molecule has 0 unspecified atom stereocenters. The van der Waals surface area contributed by atoms with Crippen LogP contribution < -0.4 is 5.73 Å². The van der Waals surface area contributed by atoms with E-state index in [0.29, 0.717) is 5.82 Å². The summed E-state index contributed by atoms with van der Waals surface area (Å²) in [6.07, 6.45) is 3.57. The second kappa shape index (κ2) is 3.90. The molecule has 2 aromatic heterocycles. The fourth-order valence-corrected chi connectivity index (χ4v) is 1.93. The molecule has 0 aliphatic heterocycles. The molecular weight excluding hydrogens is 212 g/mol. The topological polar surface area (TPSA) is 56.7 Å². The lowest BCUT2D eigenvalue weighted by atomic mass is 10.2. The van der Waals surface area contributed by atoms with Gasteiger partial charge in [-0.25, -0.2) is 9.97 Å². The van der Waals surface area contributed by atoms with Crippen LogP contribution in [-0.4, -0.2) is 14.5 Å². The second-order valence-corrected chi connectivity index (χ2v) is 3.95. The van der Waals surface area contributed by atoms with E-state index in [4.69, 9.17) is 5.73 Å². The fraction of sp³-hybridized carbons (Fsp3) is 0.0769. The van der Waals surface area contributed by atoms with Crippen molar-refractivity contribution >= 4 is 16.9 Å². The molecule has 0 aliphatic carbocycles. The predicted octanol–water partition coefficient (Wildman–Crippen LogP) is 2.06. The van der Waals surface area contributed by atoms with Gasteiger partial charge in [-0.3, -0.25) is 0 Å². The van der Waals surface area contributed by atoms with Crippen LogP contribution in [0.1, 0.15) is 5.56 Å². The number of nitrogen functional groups attached to an aromatic ring is 1. The molecule has 3 aromatic rings. The Hall–Kier alpha value is -2.36. The van der Waals surface area contributed by atoms with Gasteiger partial charge in [0.1, 0.15) is 5.82 Å². The molecule has 0 bridgehead atoms. The lowest BCUT2D eigenvalue weighted by Gasteiger charge is -2.04. The minimum Gasteiger partial charge on any atom is -0.384 e. The van der Waals surface area contributed by atoms with Crippen LogP contribution in [0.2, 0.25) is 0 Å². The van der Waals surface area contributed by atoms with Crippen molar-refractivity contribution in [3.8, 4) is 0 Å². The van der Waals surface area contributed by atoms with Gasteiger partial charge in [0.05, 0.1) is 17.4 Å². The first kappa shape index (κ1) is 9.84. The number of hydrogen-bond donors (Lipinski definition) is 1. The maximum absolute atomic E-state index is 5.66. The zero-order chi connectivity index (χ0) is 11.7. The number of aromatic nitrogens is 3. The van der Waals surface area contributed by atoms with Crippen LogP contribution in [-0.2, 0) is 6.54 Å². The Kier molecular flexibility index (Phi) is 2.26. The third kappa shape index (κ3) is 1.85. The van der Waals surface area contributed by atoms with E-state index in [-0.39, 0.29) is 0 Å². The number of fused-ring (bicyclic) bond motifs is 1. The smallest absolute Gasteiger partial charge is 0.123 e. The summed E-state index contributed by atoms with van der Waals surface area (Å²) in [6.45, 7) is 0.757. The first-order valence-electron chi connectivity index (χ1n) is 5.43. The number of benzene rings is 1. The van der Waals surface area contributed by atoms with Crippen molar-refractivity contribution in [3.05, 3.63) is 54.5 Å². The molecule has 4 nitrogen and oxygen atoms in total. The van der Waals surface area contributed by atoms with Gasteiger partial charge in [-0.15, -0.1) is 0 Å². The highest BCUT2D eigenvalue weighted by Crippen LogP contribution is 2.14. The molecule has 0 amide bonds. The van der Waals surface area contributed by atoms with Crippen molar-refractivity contribution in [3.63, 3.8) is 0 Å². The molecule has 0 fully saturated rings. The number of imidazole rings is 1. The van der Waals surface area contributed by atoms with Crippen LogP contribution in [0.15, 0.2) is 48.9 Å². The Morgan fingerprint density at radius 2 is 2.00 bits per heavy atom. The average Bonchev–Trinajstić information content (AvgIpc) is 2.73. The second-order valence-electron chi connectivity index (χ2n) is 3.95. The van der Waals surface area contributed by atoms with Crippen LogP contribution >= 0.6 is 0 Å². The van der Waals surface area contributed by atoms with Crippen LogP contribution in [0, 0.1) is 0 Å². The van der Waals surface area contributed by atoms with Gasteiger partial charge in [0.2, 0.25) is 0 Å². The van der Waals surface area contributed by atoms with Crippen LogP contribution in [0.25, 0.3) is 11.0 Å². The molecule has 0 spiro atoms. The van der Waals surface area contributed by atoms with Gasteiger partial charge < -0.3 is 10.3 Å². The highest BCUT2D eigenvalue weighted by molar-refractivity contribution is 5.75. The van der Waals surface area contributed by atoms with Crippen LogP contribution in [0.5, 0.6) is 0 Å². The number of nitrogens with zero attached hydrogens (tertiary/aromatic N) is 3. The molecule has 0 atom stereocenters. The van der Waals surface area contributed by atoms with E-state index in [0.717, 1.165) is 23.1 Å². The van der Waals surface area contributed by atoms with Gasteiger partial charge in [-0.05, 0) is 29.8 Å². The third-order valence-corrected chi connectivity index (χ3v) is 2.73. The number of pyridine rings is 1. The highest BCUT2D eigenvalue weighted by Gasteiger charge is 2.02. The van der Waals surface area contributed by atoms with Crippen LogP contribution in [0.3, 0.4) is 0 Å². The number of anilines is 1. The normalized spacial score (nSPS) is 10.8. The number of hydrogen-bond acceptors (Lipinski definition) is 3. The van der Waals surface area contributed by atoms with Gasteiger partial charge >= 0.3 is 0 Å². The van der Waals surface area contributed by atoms with E-state index in [2.05, 4.69) is 20.6 Å². The zero-order valence-corrected chi connectivity index (χ0v) is 9.24. The van der Waals surface area contributed by atoms with Crippen molar-refractivity contribution in [2.45, 2.75) is 6.54 Å². The Labute approximate surface area is 98.7 Å². The third-order valence-electron chi connectivity index (χ3n) is 2.73. The highest BCUT2D eigenvalue weighted by atomic mass is 15.0. The van der Waals surface area contributed by atoms with Gasteiger partial charge in [0.25, 0.3) is 0 Å². The fourth-order valence-electron chi connectivity index (χ4n) is 1.93. The maximum Gasteiger partial charge on any atom is 0.123 e. The summed E-state index contributed by atoms with van der Waals surface area (Å²) in [5.74, 6) is 0.548. The molecule has 3 rings (SSSR count). The minimum absolute atomic E-state index is 0.548. The summed E-state index contributed by atoms with van der Waals surface area (Å²) < 4.78 is 2.10. The van der Waals surface area contributed by atoms with Crippen molar-refractivity contribution < 1.29 is 0 Å². The summed E-state index contributed by atoms with van der Waals surface area (Å²) in [5, 5.41) is 0. The molecule has 0 radical (unpaired) electrons. The lowest BCUT2D eigenvalue weighted by Crippen LogP contribution is -1.99. The predicted molar refractivity (Wildman–Crippen MR) is 67.5 cm³/mol. The molecule has 0 saturated heterocycles. The van der Waals surface area contributed by atoms with E-state index in [1.165, 1.54) is 0 Å². The largest absolute Gasteiger partial charge is 0.384 e. The number of rotatable bonds is 2. The molecule has 2 heterocycles. The van der Waals surface area contributed by atoms with Crippen molar-refractivity contribution in [1.82, 2.24) is 14.5 Å². The lowest BCUT2D eigenvalue weighted by molar-refractivity contribution is 0.823. The van der Waals surface area contributed by atoms with Gasteiger partial charge in [0.15, 0.2) is 0 Å².